The summed E-state index contributed by atoms with van der Waals surface area (Å²) in [6, 6.07) is -0.829. The van der Waals surface area contributed by atoms with Crippen LogP contribution in [0.5, 0.6) is 0 Å². The van der Waals surface area contributed by atoms with Gasteiger partial charge in [-0.25, -0.2) is 0 Å². The van der Waals surface area contributed by atoms with Gasteiger partial charge >= 0.3 is 0 Å². The smallest absolute Gasteiger partial charge is 0.220 e. The van der Waals surface area contributed by atoms with Gasteiger partial charge in [0, 0.05) is 6.42 Å². The highest BCUT2D eigenvalue weighted by molar-refractivity contribution is 5.76. The molecule has 14 nitrogen and oxygen atoms in total. The molecule has 1 amide bonds. The summed E-state index contributed by atoms with van der Waals surface area (Å²) in [5.41, 5.74) is 0. The molecule has 88 heavy (non-hydrogen) atoms. The average Bonchev–Trinajstić information content (AvgIpc) is 2.07. The molecule has 2 heterocycles. The van der Waals surface area contributed by atoms with Gasteiger partial charge in [0.2, 0.25) is 5.91 Å². The third-order valence-corrected chi connectivity index (χ3v) is 17.7. The molecule has 14 heteroatoms. The Labute approximate surface area is 536 Å². The van der Waals surface area contributed by atoms with Crippen LogP contribution < -0.4 is 5.32 Å². The fourth-order valence-corrected chi connectivity index (χ4v) is 12.0. The van der Waals surface area contributed by atoms with E-state index in [-0.39, 0.29) is 12.5 Å². The highest BCUT2D eigenvalue weighted by atomic mass is 16.7. The molecule has 514 valence electrons. The quantitative estimate of drug-likeness (QED) is 0.0204. The van der Waals surface area contributed by atoms with Crippen molar-refractivity contribution in [3.8, 4) is 0 Å². The van der Waals surface area contributed by atoms with Crippen molar-refractivity contribution in [3.05, 3.63) is 60.8 Å². The van der Waals surface area contributed by atoms with Crippen molar-refractivity contribution in [2.24, 2.45) is 0 Å². The van der Waals surface area contributed by atoms with Gasteiger partial charge in [-0.2, -0.15) is 0 Å². The lowest BCUT2D eigenvalue weighted by molar-refractivity contribution is -0.359. The summed E-state index contributed by atoms with van der Waals surface area (Å²) >= 11 is 0. The zero-order valence-electron chi connectivity index (χ0n) is 56.0. The Balaban J connectivity index is 1.58. The van der Waals surface area contributed by atoms with Crippen molar-refractivity contribution in [3.63, 3.8) is 0 Å². The van der Waals surface area contributed by atoms with Gasteiger partial charge in [0.05, 0.1) is 32.0 Å². The Bertz CT molecular complexity index is 1710. The van der Waals surface area contributed by atoms with Crippen LogP contribution in [0.4, 0.5) is 0 Å². The van der Waals surface area contributed by atoms with Crippen LogP contribution in [0, 0.1) is 0 Å². The van der Waals surface area contributed by atoms with Gasteiger partial charge in [-0.05, 0) is 57.8 Å². The molecule has 0 aromatic carbocycles. The maximum Gasteiger partial charge on any atom is 0.220 e. The molecule has 12 unspecified atom stereocenters. The lowest BCUT2D eigenvalue weighted by Gasteiger charge is -2.46. The summed E-state index contributed by atoms with van der Waals surface area (Å²) in [6.45, 7) is 2.78. The normalized spacial score (nSPS) is 23.5. The van der Waals surface area contributed by atoms with Gasteiger partial charge in [0.25, 0.3) is 0 Å². The zero-order chi connectivity index (χ0) is 63.8. The highest BCUT2D eigenvalue weighted by Crippen LogP contribution is 2.30. The summed E-state index contributed by atoms with van der Waals surface area (Å²) in [5, 5.41) is 87.6. The minimum atomic E-state index is -1.78. The molecule has 9 N–H and O–H groups in total. The molecule has 12 atom stereocenters. The van der Waals surface area contributed by atoms with Crippen LogP contribution in [-0.2, 0) is 23.7 Å². The second-order valence-electron chi connectivity index (χ2n) is 25.7. The van der Waals surface area contributed by atoms with Crippen molar-refractivity contribution in [1.82, 2.24) is 5.32 Å². The van der Waals surface area contributed by atoms with Crippen LogP contribution in [0.3, 0.4) is 0 Å². The second kappa shape index (κ2) is 58.5. The summed E-state index contributed by atoms with van der Waals surface area (Å²) in [7, 11) is 0. The maximum atomic E-state index is 13.4. The van der Waals surface area contributed by atoms with Crippen LogP contribution in [-0.4, -0.2) is 140 Å². The Morgan fingerprint density at radius 2 is 0.784 bits per heavy atom. The standard InChI is InChI=1S/C74H135NO13/c1-3-5-7-9-11-13-15-17-19-21-22-23-24-25-26-27-28-29-30-31-32-33-34-35-36-37-38-39-40-42-44-46-48-50-52-54-56-58-66(79)75-62(63(78)57-55-53-51-49-47-45-43-41-20-18-16-14-12-10-8-6-4-2)61-85-73-71(84)69(82)72(65(60-77)87-73)88-74-70(83)68(81)67(80)64(59-76)86-74/h5,7,11,13,17,19,22-23,25-26,62-65,67-74,76-78,80-84H,3-4,6,8-10,12,14-16,18,20-21,24,27-61H2,1-2H3,(H,75,79)/b7-5-,13-11-,19-17-,23-22-,26-25-. The number of ether oxygens (including phenoxy) is 4. The molecule has 0 bridgehead atoms. The molecule has 2 aliphatic rings. The van der Waals surface area contributed by atoms with E-state index in [9.17, 15) is 45.6 Å². The summed E-state index contributed by atoms with van der Waals surface area (Å²) in [5.74, 6) is -0.202. The first kappa shape index (κ1) is 81.8. The molecule has 2 fully saturated rings. The van der Waals surface area contributed by atoms with E-state index in [1.807, 2.05) is 0 Å². The van der Waals surface area contributed by atoms with E-state index in [1.54, 1.807) is 0 Å². The predicted octanol–water partition coefficient (Wildman–Crippen LogP) is 15.2. The average molecular weight is 1250 g/mol. The van der Waals surface area contributed by atoms with Crippen molar-refractivity contribution in [2.75, 3.05) is 19.8 Å². The predicted molar refractivity (Wildman–Crippen MR) is 360 cm³/mol. The summed E-state index contributed by atoms with van der Waals surface area (Å²) in [4.78, 5) is 13.4. The van der Waals surface area contributed by atoms with Crippen molar-refractivity contribution in [1.29, 1.82) is 0 Å². The molecular formula is C74H135NO13. The van der Waals surface area contributed by atoms with E-state index in [4.69, 9.17) is 18.9 Å². The van der Waals surface area contributed by atoms with Crippen LogP contribution in [0.1, 0.15) is 309 Å². The molecule has 0 spiro atoms. The van der Waals surface area contributed by atoms with Gasteiger partial charge < -0.3 is 65.1 Å². The largest absolute Gasteiger partial charge is 0.394 e. The first-order chi connectivity index (χ1) is 43.1. The number of carbonyl (C=O) groups is 1. The van der Waals surface area contributed by atoms with Gasteiger partial charge in [-0.3, -0.25) is 4.79 Å². The van der Waals surface area contributed by atoms with Crippen molar-refractivity contribution in [2.45, 2.75) is 383 Å². The molecule has 0 aromatic rings. The number of amides is 1. The Kier molecular flexibility index (Phi) is 54.4. The van der Waals surface area contributed by atoms with E-state index >= 15 is 0 Å². The third-order valence-electron chi connectivity index (χ3n) is 17.7. The van der Waals surface area contributed by atoms with Crippen LogP contribution in [0.25, 0.3) is 0 Å². The number of carbonyl (C=O) groups excluding carboxylic acids is 1. The van der Waals surface area contributed by atoms with Gasteiger partial charge in [-0.1, -0.05) is 306 Å². The molecule has 0 aromatic heterocycles. The maximum absolute atomic E-state index is 13.4. The molecule has 2 rings (SSSR count). The number of allylic oxidation sites excluding steroid dienone is 10. The van der Waals surface area contributed by atoms with Gasteiger partial charge in [-0.15, -0.1) is 0 Å². The van der Waals surface area contributed by atoms with E-state index in [1.165, 1.54) is 199 Å². The number of rotatable bonds is 60. The number of aliphatic hydroxyl groups is 8. The zero-order valence-corrected chi connectivity index (χ0v) is 56.0. The molecule has 0 radical (unpaired) electrons. The highest BCUT2D eigenvalue weighted by Gasteiger charge is 2.51. The molecular weight excluding hydrogens is 1110 g/mol. The fourth-order valence-electron chi connectivity index (χ4n) is 12.0. The summed E-state index contributed by atoms with van der Waals surface area (Å²) in [6.07, 6.45) is 61.1. The van der Waals surface area contributed by atoms with Crippen LogP contribution in [0.2, 0.25) is 0 Å². The first-order valence-electron chi connectivity index (χ1n) is 36.5. The number of hydrogen-bond donors (Lipinski definition) is 9. The Morgan fingerprint density at radius 1 is 0.420 bits per heavy atom. The Morgan fingerprint density at radius 3 is 1.20 bits per heavy atom. The minimum Gasteiger partial charge on any atom is -0.394 e. The van der Waals surface area contributed by atoms with Crippen molar-refractivity contribution < 1.29 is 64.6 Å². The minimum absolute atomic E-state index is 0.202. The number of hydrogen-bond acceptors (Lipinski definition) is 13. The van der Waals surface area contributed by atoms with Gasteiger partial charge in [0.15, 0.2) is 12.6 Å². The van der Waals surface area contributed by atoms with Gasteiger partial charge in [0.1, 0.15) is 48.8 Å². The van der Waals surface area contributed by atoms with Crippen LogP contribution in [0.15, 0.2) is 60.8 Å². The fraction of sp³-hybridized carbons (Fsp3) is 0.851. The number of nitrogens with one attached hydrogen (secondary N) is 1. The van der Waals surface area contributed by atoms with E-state index < -0.39 is 86.8 Å². The third kappa shape index (κ3) is 42.0. The lowest BCUT2D eigenvalue weighted by atomic mass is 9.97. The number of unbranched alkanes of at least 4 members (excludes halogenated alkanes) is 37. The Hall–Kier alpha value is -2.31. The second-order valence-corrected chi connectivity index (χ2v) is 25.7. The van der Waals surface area contributed by atoms with E-state index in [0.29, 0.717) is 12.8 Å². The van der Waals surface area contributed by atoms with Crippen molar-refractivity contribution >= 4 is 5.91 Å². The van der Waals surface area contributed by atoms with E-state index in [0.717, 1.165) is 83.5 Å². The monoisotopic (exact) mass is 1250 g/mol. The van der Waals surface area contributed by atoms with Crippen LogP contribution >= 0.6 is 0 Å². The molecule has 2 aliphatic heterocycles. The SMILES string of the molecule is CC/C=C\C/C=C\C/C=C\C/C=C\C/C=C\CCCCCCCCCCCCCCCCCCCCCCCC(=O)NC(COC1OC(CO)C(OC2OC(CO)C(O)C(O)C2O)C(O)C1O)C(O)CCCCCCCCCCCCCCCCCCC. The lowest BCUT2D eigenvalue weighted by Crippen LogP contribution is -2.65. The first-order valence-corrected chi connectivity index (χ1v) is 36.5. The molecule has 2 saturated heterocycles. The molecule has 0 saturated carbocycles. The summed E-state index contributed by atoms with van der Waals surface area (Å²) < 4.78 is 22.9. The topological polar surface area (TPSA) is 228 Å². The number of aliphatic hydroxyl groups excluding tert-OH is 8. The molecule has 0 aliphatic carbocycles. The van der Waals surface area contributed by atoms with E-state index in [2.05, 4.69) is 79.9 Å².